The highest BCUT2D eigenvalue weighted by Gasteiger charge is 2.21. The summed E-state index contributed by atoms with van der Waals surface area (Å²) >= 11 is 1.56. The second-order valence-electron chi connectivity index (χ2n) is 4.89. The molecular formula is C13H23N5OS. The maximum Gasteiger partial charge on any atom is 0.343 e. The summed E-state index contributed by atoms with van der Waals surface area (Å²) in [7, 11) is 0. The van der Waals surface area contributed by atoms with E-state index in [9.17, 15) is 4.79 Å². The van der Waals surface area contributed by atoms with Gasteiger partial charge in [0.15, 0.2) is 5.16 Å². The summed E-state index contributed by atoms with van der Waals surface area (Å²) in [6, 6.07) is 2.32. The lowest BCUT2D eigenvalue weighted by Crippen LogP contribution is -2.40. The number of thioether (sulfide) groups is 1. The van der Waals surface area contributed by atoms with Crippen molar-refractivity contribution in [1.29, 1.82) is 5.26 Å². The Morgan fingerprint density at radius 3 is 2.90 bits per heavy atom. The van der Waals surface area contributed by atoms with Gasteiger partial charge in [-0.25, -0.2) is 9.89 Å². The summed E-state index contributed by atoms with van der Waals surface area (Å²) in [5, 5.41) is 19.6. The zero-order valence-corrected chi connectivity index (χ0v) is 13.2. The summed E-state index contributed by atoms with van der Waals surface area (Å²) in [5.41, 5.74) is -0.617. The van der Waals surface area contributed by atoms with E-state index in [-0.39, 0.29) is 5.69 Å². The summed E-state index contributed by atoms with van der Waals surface area (Å²) in [6.45, 7) is 7.42. The van der Waals surface area contributed by atoms with Crippen LogP contribution in [0, 0.1) is 11.3 Å². The lowest BCUT2D eigenvalue weighted by atomic mass is 9.98. The van der Waals surface area contributed by atoms with E-state index in [1.54, 1.807) is 16.3 Å². The largest absolute Gasteiger partial charge is 0.343 e. The van der Waals surface area contributed by atoms with E-state index in [1.807, 2.05) is 20.8 Å². The van der Waals surface area contributed by atoms with Gasteiger partial charge in [-0.2, -0.15) is 5.26 Å². The van der Waals surface area contributed by atoms with E-state index in [0.717, 1.165) is 36.7 Å². The van der Waals surface area contributed by atoms with Crippen LogP contribution >= 0.6 is 11.8 Å². The Bertz CT molecular complexity index is 504. The summed E-state index contributed by atoms with van der Waals surface area (Å²) in [4.78, 5) is 11.5. The minimum absolute atomic E-state index is 0.149. The maximum absolute atomic E-state index is 11.5. The highest BCUT2D eigenvalue weighted by molar-refractivity contribution is 7.99. The molecule has 0 spiro atoms. The molecule has 0 aliphatic carbocycles. The Labute approximate surface area is 123 Å². The van der Waals surface area contributed by atoms with E-state index in [1.165, 1.54) is 0 Å². The van der Waals surface area contributed by atoms with Crippen LogP contribution in [0.3, 0.4) is 0 Å². The number of nitriles is 1. The van der Waals surface area contributed by atoms with Gasteiger partial charge in [0.05, 0.1) is 6.07 Å². The zero-order chi connectivity index (χ0) is 15.0. The molecule has 1 rings (SSSR count). The summed E-state index contributed by atoms with van der Waals surface area (Å²) in [6.07, 6.45) is 2.58. The third-order valence-corrected chi connectivity index (χ3v) is 4.10. The molecule has 0 aliphatic rings. The summed E-state index contributed by atoms with van der Waals surface area (Å²) in [5.74, 6) is 0.844. The third-order valence-electron chi connectivity index (χ3n) is 3.04. The molecule has 20 heavy (non-hydrogen) atoms. The van der Waals surface area contributed by atoms with Crippen LogP contribution in [-0.2, 0) is 6.54 Å². The van der Waals surface area contributed by atoms with Crippen LogP contribution in [0.2, 0.25) is 0 Å². The minimum atomic E-state index is -0.468. The van der Waals surface area contributed by atoms with Crippen molar-refractivity contribution < 1.29 is 0 Å². The molecule has 1 unspecified atom stereocenters. The van der Waals surface area contributed by atoms with Crippen molar-refractivity contribution in [2.75, 3.05) is 12.3 Å². The van der Waals surface area contributed by atoms with Gasteiger partial charge in [-0.05, 0) is 32.7 Å². The molecule has 0 radical (unpaired) electrons. The molecule has 0 aliphatic heterocycles. The lowest BCUT2D eigenvalue weighted by Gasteiger charge is -2.22. The monoisotopic (exact) mass is 297 g/mol. The standard InChI is InChI=1S/C13H23N5OS/c1-4-8-18-11(19)16-17-12(18)20-9-6-7-13(3,10-14)15-5-2/h15H,4-9H2,1-3H3,(H,16,19). The smallest absolute Gasteiger partial charge is 0.300 e. The van der Waals surface area contributed by atoms with Gasteiger partial charge in [0, 0.05) is 12.3 Å². The van der Waals surface area contributed by atoms with Gasteiger partial charge < -0.3 is 0 Å². The first kappa shape index (κ1) is 16.8. The van der Waals surface area contributed by atoms with E-state index in [2.05, 4.69) is 21.6 Å². The predicted molar refractivity (Wildman–Crippen MR) is 80.8 cm³/mol. The van der Waals surface area contributed by atoms with Crippen molar-refractivity contribution in [2.24, 2.45) is 0 Å². The first-order chi connectivity index (χ1) is 9.56. The van der Waals surface area contributed by atoms with Crippen molar-refractivity contribution in [3.63, 3.8) is 0 Å². The molecule has 1 aromatic rings. The quantitative estimate of drug-likeness (QED) is 0.535. The topological polar surface area (TPSA) is 86.5 Å². The maximum atomic E-state index is 11.5. The number of aromatic nitrogens is 3. The molecule has 7 heteroatoms. The van der Waals surface area contributed by atoms with Crippen LogP contribution in [0.4, 0.5) is 0 Å². The third kappa shape index (κ3) is 4.69. The second kappa shape index (κ2) is 8.12. The molecule has 0 saturated heterocycles. The Hall–Kier alpha value is -1.26. The molecule has 0 saturated carbocycles. The molecule has 0 fully saturated rings. The number of nitrogens with one attached hydrogen (secondary N) is 2. The number of H-pyrrole nitrogens is 1. The Balaban J connectivity index is 2.45. The Morgan fingerprint density at radius 2 is 2.30 bits per heavy atom. The first-order valence-electron chi connectivity index (χ1n) is 7.00. The highest BCUT2D eigenvalue weighted by atomic mass is 32.2. The SMILES string of the molecule is CCCn1c(SCCCC(C)(C#N)NCC)n[nH]c1=O. The number of aromatic amines is 1. The molecule has 0 bridgehead atoms. The second-order valence-corrected chi connectivity index (χ2v) is 5.95. The van der Waals surface area contributed by atoms with Gasteiger partial charge in [-0.15, -0.1) is 5.10 Å². The fourth-order valence-corrected chi connectivity index (χ4v) is 2.91. The Morgan fingerprint density at radius 1 is 1.55 bits per heavy atom. The van der Waals surface area contributed by atoms with Crippen LogP contribution in [0.5, 0.6) is 0 Å². The van der Waals surface area contributed by atoms with Gasteiger partial charge in [0.25, 0.3) is 0 Å². The average Bonchev–Trinajstić information content (AvgIpc) is 2.77. The minimum Gasteiger partial charge on any atom is -0.300 e. The number of hydrogen-bond donors (Lipinski definition) is 2. The van der Waals surface area contributed by atoms with Gasteiger partial charge in [-0.3, -0.25) is 9.88 Å². The number of rotatable bonds is 9. The normalized spacial score (nSPS) is 13.9. The van der Waals surface area contributed by atoms with Crippen LogP contribution in [0.15, 0.2) is 9.95 Å². The molecule has 1 aromatic heterocycles. The number of hydrogen-bond acceptors (Lipinski definition) is 5. The van der Waals surface area contributed by atoms with E-state index in [4.69, 9.17) is 5.26 Å². The van der Waals surface area contributed by atoms with Crippen LogP contribution in [0.25, 0.3) is 0 Å². The first-order valence-corrected chi connectivity index (χ1v) is 7.99. The van der Waals surface area contributed by atoms with Crippen LogP contribution in [0.1, 0.15) is 40.0 Å². The molecular weight excluding hydrogens is 274 g/mol. The van der Waals surface area contributed by atoms with Crippen molar-refractivity contribution in [2.45, 2.75) is 57.3 Å². The van der Waals surface area contributed by atoms with Gasteiger partial charge in [0.2, 0.25) is 0 Å². The Kier molecular flexibility index (Phi) is 6.82. The molecule has 2 N–H and O–H groups in total. The summed E-state index contributed by atoms with van der Waals surface area (Å²) < 4.78 is 1.67. The van der Waals surface area contributed by atoms with Crippen molar-refractivity contribution in [1.82, 2.24) is 20.1 Å². The van der Waals surface area contributed by atoms with E-state index >= 15 is 0 Å². The fraction of sp³-hybridized carbons (Fsp3) is 0.769. The van der Waals surface area contributed by atoms with Crippen molar-refractivity contribution in [3.8, 4) is 6.07 Å². The van der Waals surface area contributed by atoms with Gasteiger partial charge >= 0.3 is 5.69 Å². The van der Waals surface area contributed by atoms with Crippen molar-refractivity contribution in [3.05, 3.63) is 10.5 Å². The molecule has 1 atom stereocenters. The fourth-order valence-electron chi connectivity index (χ4n) is 2.00. The lowest BCUT2D eigenvalue weighted by molar-refractivity contribution is 0.426. The predicted octanol–water partition coefficient (Wildman–Crippen LogP) is 1.75. The highest BCUT2D eigenvalue weighted by Crippen LogP contribution is 2.18. The van der Waals surface area contributed by atoms with Gasteiger partial charge in [-0.1, -0.05) is 25.6 Å². The molecule has 112 valence electrons. The molecule has 0 amide bonds. The van der Waals surface area contributed by atoms with E-state index in [0.29, 0.717) is 6.54 Å². The van der Waals surface area contributed by atoms with Gasteiger partial charge in [0.1, 0.15) is 5.54 Å². The van der Waals surface area contributed by atoms with Crippen LogP contribution < -0.4 is 11.0 Å². The van der Waals surface area contributed by atoms with Crippen molar-refractivity contribution >= 4 is 11.8 Å². The van der Waals surface area contributed by atoms with Crippen LogP contribution in [-0.4, -0.2) is 32.6 Å². The number of nitrogens with zero attached hydrogens (tertiary/aromatic N) is 3. The zero-order valence-electron chi connectivity index (χ0n) is 12.4. The average molecular weight is 297 g/mol. The molecule has 0 aromatic carbocycles. The van der Waals surface area contributed by atoms with E-state index < -0.39 is 5.54 Å². The molecule has 6 nitrogen and oxygen atoms in total. The molecule has 1 heterocycles.